The summed E-state index contributed by atoms with van der Waals surface area (Å²) in [7, 11) is -3.44. The van der Waals surface area contributed by atoms with Crippen molar-refractivity contribution in [1.82, 2.24) is 14.9 Å². The minimum atomic E-state index is -3.44. The van der Waals surface area contributed by atoms with E-state index in [1.807, 2.05) is 0 Å². The Morgan fingerprint density at radius 3 is 2.57 bits per heavy atom. The number of aromatic nitrogens is 2. The molecule has 0 aliphatic heterocycles. The van der Waals surface area contributed by atoms with Crippen LogP contribution in [0, 0.1) is 0 Å². The van der Waals surface area contributed by atoms with E-state index in [9.17, 15) is 13.2 Å². The van der Waals surface area contributed by atoms with Crippen LogP contribution < -0.4 is 10.0 Å². The van der Waals surface area contributed by atoms with Crippen molar-refractivity contribution >= 4 is 32.4 Å². The summed E-state index contributed by atoms with van der Waals surface area (Å²) in [5.41, 5.74) is 0.915. The van der Waals surface area contributed by atoms with Gasteiger partial charge in [0.05, 0.1) is 4.90 Å². The van der Waals surface area contributed by atoms with Crippen molar-refractivity contribution in [2.75, 3.05) is 5.32 Å². The van der Waals surface area contributed by atoms with Gasteiger partial charge in [-0.2, -0.15) is 0 Å². The molecule has 0 saturated heterocycles. The summed E-state index contributed by atoms with van der Waals surface area (Å²) in [6.45, 7) is 2.16. The molecule has 1 amide bonds. The Hall–Kier alpha value is -1.84. The maximum Gasteiger partial charge on any atom is 0.240 e. The topological polar surface area (TPSA) is 101 Å². The van der Waals surface area contributed by atoms with E-state index < -0.39 is 10.0 Å². The second-order valence-electron chi connectivity index (χ2n) is 7.05. The van der Waals surface area contributed by atoms with Crippen molar-refractivity contribution in [3.8, 4) is 0 Å². The Morgan fingerprint density at radius 1 is 1.14 bits per heavy atom. The molecule has 0 atom stereocenters. The van der Waals surface area contributed by atoms with Gasteiger partial charge in [-0.25, -0.2) is 13.1 Å². The second-order valence-corrected chi connectivity index (χ2v) is 9.82. The first kappa shape index (κ1) is 20.9. The van der Waals surface area contributed by atoms with E-state index in [2.05, 4.69) is 27.2 Å². The van der Waals surface area contributed by atoms with Gasteiger partial charge in [0, 0.05) is 18.9 Å². The van der Waals surface area contributed by atoms with Gasteiger partial charge in [0.25, 0.3) is 0 Å². The molecule has 9 heteroatoms. The summed E-state index contributed by atoms with van der Waals surface area (Å²) in [6, 6.07) is 6.77. The molecule has 1 aromatic heterocycles. The number of carbonyl (C=O) groups excluding carboxylic acids is 1. The number of sulfonamides is 1. The van der Waals surface area contributed by atoms with Crippen molar-refractivity contribution in [3.63, 3.8) is 0 Å². The molecule has 1 aliphatic carbocycles. The lowest BCUT2D eigenvalue weighted by Crippen LogP contribution is -2.25. The Bertz CT molecular complexity index is 890. The molecule has 1 saturated carbocycles. The largest absolute Gasteiger partial charge is 0.301 e. The number of aryl methyl sites for hydroxylation is 2. The zero-order valence-corrected chi connectivity index (χ0v) is 17.6. The van der Waals surface area contributed by atoms with E-state index >= 15 is 0 Å². The molecule has 1 fully saturated rings. The van der Waals surface area contributed by atoms with Gasteiger partial charge in [0.1, 0.15) is 5.01 Å². The number of rotatable bonds is 11. The zero-order chi connectivity index (χ0) is 20.0. The third-order valence-electron chi connectivity index (χ3n) is 4.48. The van der Waals surface area contributed by atoms with E-state index in [-0.39, 0.29) is 16.8 Å². The Morgan fingerprint density at radius 2 is 1.89 bits per heavy atom. The monoisotopic (exact) mass is 422 g/mol. The highest BCUT2D eigenvalue weighted by Crippen LogP contribution is 2.22. The average Bonchev–Trinajstić information content (AvgIpc) is 3.36. The third kappa shape index (κ3) is 6.35. The Balaban J connectivity index is 1.45. The molecule has 7 nitrogen and oxygen atoms in total. The molecule has 3 rings (SSSR count). The minimum absolute atomic E-state index is 0.0842. The molecule has 2 aromatic rings. The van der Waals surface area contributed by atoms with Gasteiger partial charge in [0.2, 0.25) is 21.1 Å². The lowest BCUT2D eigenvalue weighted by molar-refractivity contribution is -0.116. The first-order valence-electron chi connectivity index (χ1n) is 9.70. The van der Waals surface area contributed by atoms with Crippen LogP contribution in [0.3, 0.4) is 0 Å². The smallest absolute Gasteiger partial charge is 0.240 e. The molecule has 0 radical (unpaired) electrons. The summed E-state index contributed by atoms with van der Waals surface area (Å²) in [5, 5.41) is 12.4. The molecule has 1 heterocycles. The molecular weight excluding hydrogens is 396 g/mol. The fraction of sp³-hybridized carbons (Fsp3) is 0.526. The maximum absolute atomic E-state index is 12.2. The first-order valence-corrected chi connectivity index (χ1v) is 12.0. The molecule has 2 N–H and O–H groups in total. The SMILES string of the molecule is CCCCCc1nnc(NC(=O)CCc2ccc(S(=O)(=O)NC3CC3)cc2)s1. The predicted molar refractivity (Wildman–Crippen MR) is 110 cm³/mol. The number of anilines is 1. The van der Waals surface area contributed by atoms with Gasteiger partial charge in [-0.1, -0.05) is 43.2 Å². The van der Waals surface area contributed by atoms with Gasteiger partial charge in [0.15, 0.2) is 0 Å². The fourth-order valence-electron chi connectivity index (χ4n) is 2.69. The lowest BCUT2D eigenvalue weighted by atomic mass is 10.1. The van der Waals surface area contributed by atoms with E-state index in [1.54, 1.807) is 24.3 Å². The van der Waals surface area contributed by atoms with E-state index in [0.717, 1.165) is 49.1 Å². The summed E-state index contributed by atoms with van der Waals surface area (Å²) in [4.78, 5) is 12.4. The van der Waals surface area contributed by atoms with Gasteiger partial charge >= 0.3 is 0 Å². The van der Waals surface area contributed by atoms with Crippen LogP contribution in [0.2, 0.25) is 0 Å². The molecule has 1 aliphatic rings. The standard InChI is InChI=1S/C19H26N4O3S2/c1-2-3-4-5-18-21-22-19(27-18)20-17(24)13-8-14-6-11-16(12-7-14)28(25,26)23-15-9-10-15/h6-7,11-12,15,23H,2-5,8-10,13H2,1H3,(H,20,22,24). The van der Waals surface area contributed by atoms with Gasteiger partial charge in [-0.05, 0) is 43.4 Å². The van der Waals surface area contributed by atoms with Crippen molar-refractivity contribution in [2.45, 2.75) is 69.2 Å². The van der Waals surface area contributed by atoms with Crippen LogP contribution in [0.25, 0.3) is 0 Å². The van der Waals surface area contributed by atoms with E-state index in [1.165, 1.54) is 11.3 Å². The summed E-state index contributed by atoms with van der Waals surface area (Å²) in [5.74, 6) is -0.122. The van der Waals surface area contributed by atoms with Crippen LogP contribution in [-0.4, -0.2) is 30.6 Å². The van der Waals surface area contributed by atoms with Crippen LogP contribution in [0.5, 0.6) is 0 Å². The zero-order valence-electron chi connectivity index (χ0n) is 16.0. The summed E-state index contributed by atoms with van der Waals surface area (Å²) in [6.07, 6.45) is 6.95. The molecular formula is C19H26N4O3S2. The predicted octanol–water partition coefficient (Wildman–Crippen LogP) is 3.28. The minimum Gasteiger partial charge on any atom is -0.301 e. The fourth-order valence-corrected chi connectivity index (χ4v) is 4.80. The number of nitrogens with zero attached hydrogens (tertiary/aromatic N) is 2. The highest BCUT2D eigenvalue weighted by atomic mass is 32.2. The second kappa shape index (κ2) is 9.58. The first-order chi connectivity index (χ1) is 13.5. The van der Waals surface area contributed by atoms with Crippen LogP contribution in [-0.2, 0) is 27.7 Å². The normalized spacial score (nSPS) is 14.2. The van der Waals surface area contributed by atoms with Crippen molar-refractivity contribution in [1.29, 1.82) is 0 Å². The highest BCUT2D eigenvalue weighted by Gasteiger charge is 2.27. The number of nitrogens with one attached hydrogen (secondary N) is 2. The molecule has 28 heavy (non-hydrogen) atoms. The van der Waals surface area contributed by atoms with Crippen LogP contribution in [0.4, 0.5) is 5.13 Å². The van der Waals surface area contributed by atoms with Crippen LogP contribution >= 0.6 is 11.3 Å². The number of unbranched alkanes of at least 4 members (excludes halogenated alkanes) is 2. The highest BCUT2D eigenvalue weighted by molar-refractivity contribution is 7.89. The molecule has 0 spiro atoms. The van der Waals surface area contributed by atoms with Crippen LogP contribution in [0.15, 0.2) is 29.2 Å². The number of amides is 1. The Kier molecular flexibility index (Phi) is 7.14. The molecule has 1 aromatic carbocycles. The van der Waals surface area contributed by atoms with Gasteiger partial charge < -0.3 is 5.32 Å². The van der Waals surface area contributed by atoms with Crippen molar-refractivity contribution < 1.29 is 13.2 Å². The third-order valence-corrected chi connectivity index (χ3v) is 6.92. The molecule has 0 unspecified atom stereocenters. The number of benzene rings is 1. The van der Waals surface area contributed by atoms with Crippen molar-refractivity contribution in [3.05, 3.63) is 34.8 Å². The van der Waals surface area contributed by atoms with Crippen molar-refractivity contribution in [2.24, 2.45) is 0 Å². The average molecular weight is 423 g/mol. The summed E-state index contributed by atoms with van der Waals surface area (Å²) < 4.78 is 27.0. The van der Waals surface area contributed by atoms with E-state index in [0.29, 0.717) is 18.0 Å². The number of hydrogen-bond acceptors (Lipinski definition) is 6. The number of carbonyl (C=O) groups is 1. The van der Waals surface area contributed by atoms with Gasteiger partial charge in [-0.3, -0.25) is 4.79 Å². The number of hydrogen-bond donors (Lipinski definition) is 2. The summed E-state index contributed by atoms with van der Waals surface area (Å²) >= 11 is 1.42. The molecule has 0 bridgehead atoms. The molecule has 152 valence electrons. The lowest BCUT2D eigenvalue weighted by Gasteiger charge is -2.07. The Labute approximate surface area is 170 Å². The maximum atomic E-state index is 12.2. The van der Waals surface area contributed by atoms with Gasteiger partial charge in [-0.15, -0.1) is 10.2 Å². The van der Waals surface area contributed by atoms with E-state index in [4.69, 9.17) is 0 Å². The quantitative estimate of drug-likeness (QED) is 0.541. The van der Waals surface area contributed by atoms with Crippen LogP contribution in [0.1, 0.15) is 56.0 Å².